The summed E-state index contributed by atoms with van der Waals surface area (Å²) in [6.07, 6.45) is 4.11. The van der Waals surface area contributed by atoms with E-state index in [2.05, 4.69) is 15.2 Å². The molecule has 0 saturated carbocycles. The zero-order valence-electron chi connectivity index (χ0n) is 8.40. The summed E-state index contributed by atoms with van der Waals surface area (Å²) in [5.74, 6) is 0. The molecule has 0 radical (unpaired) electrons. The van der Waals surface area contributed by atoms with Gasteiger partial charge in [-0.1, -0.05) is 6.92 Å². The van der Waals surface area contributed by atoms with E-state index in [1.165, 1.54) is 6.07 Å². The van der Waals surface area contributed by atoms with Gasteiger partial charge in [0, 0.05) is 22.9 Å². The molecule has 2 heterocycles. The van der Waals surface area contributed by atoms with Crippen LogP contribution in [-0.2, 0) is 6.42 Å². The maximum absolute atomic E-state index is 11.1. The predicted octanol–water partition coefficient (Wildman–Crippen LogP) is 1.39. The molecule has 0 unspecified atom stereocenters. The molecule has 4 nitrogen and oxygen atoms in total. The number of hydrogen-bond donors (Lipinski definition) is 1. The lowest BCUT2D eigenvalue weighted by Gasteiger charge is -2.05. The lowest BCUT2D eigenvalue weighted by molar-refractivity contribution is 1.00. The molecule has 1 N–H and O–H groups in total. The van der Waals surface area contributed by atoms with Crippen molar-refractivity contribution < 1.29 is 0 Å². The van der Waals surface area contributed by atoms with E-state index < -0.39 is 0 Å². The van der Waals surface area contributed by atoms with Crippen LogP contribution in [0.5, 0.6) is 0 Å². The Morgan fingerprint density at radius 1 is 1.27 bits per heavy atom. The van der Waals surface area contributed by atoms with E-state index in [0.29, 0.717) is 0 Å². The third-order valence-electron chi connectivity index (χ3n) is 2.25. The number of nitrogens with zero attached hydrogens (tertiary/aromatic N) is 2. The van der Waals surface area contributed by atoms with Crippen molar-refractivity contribution in [2.45, 2.75) is 13.3 Å². The normalized spacial score (nSPS) is 10.2. The highest BCUT2D eigenvalue weighted by Gasteiger charge is 2.04. The first-order chi connectivity index (χ1) is 7.31. The molecular weight excluding hydrogens is 190 g/mol. The zero-order chi connectivity index (χ0) is 10.7. The van der Waals surface area contributed by atoms with Gasteiger partial charge in [-0.25, -0.2) is 0 Å². The topological polar surface area (TPSA) is 58.6 Å². The van der Waals surface area contributed by atoms with E-state index >= 15 is 0 Å². The summed E-state index contributed by atoms with van der Waals surface area (Å²) in [4.78, 5) is 14.0. The van der Waals surface area contributed by atoms with Gasteiger partial charge in [0.1, 0.15) is 0 Å². The molecule has 2 aromatic heterocycles. The molecule has 0 amide bonds. The van der Waals surface area contributed by atoms with Crippen molar-refractivity contribution in [1.29, 1.82) is 0 Å². The average Bonchev–Trinajstić information content (AvgIpc) is 2.30. The van der Waals surface area contributed by atoms with Gasteiger partial charge in [-0.3, -0.25) is 4.79 Å². The van der Waals surface area contributed by atoms with Crippen molar-refractivity contribution in [2.75, 3.05) is 0 Å². The Morgan fingerprint density at radius 3 is 2.80 bits per heavy atom. The second-order valence-corrected chi connectivity index (χ2v) is 3.20. The quantitative estimate of drug-likeness (QED) is 0.798. The molecule has 2 aromatic rings. The molecule has 0 aliphatic carbocycles. The smallest absolute Gasteiger partial charge is 0.248 e. The average molecular weight is 201 g/mol. The van der Waals surface area contributed by atoms with Crippen molar-refractivity contribution in [1.82, 2.24) is 15.2 Å². The first-order valence-electron chi connectivity index (χ1n) is 4.80. The lowest BCUT2D eigenvalue weighted by atomic mass is 10.1. The van der Waals surface area contributed by atoms with Gasteiger partial charge >= 0.3 is 0 Å². The van der Waals surface area contributed by atoms with Crippen molar-refractivity contribution in [3.05, 3.63) is 46.6 Å². The van der Waals surface area contributed by atoms with Gasteiger partial charge in [0.05, 0.1) is 12.4 Å². The van der Waals surface area contributed by atoms with Gasteiger partial charge in [-0.15, -0.1) is 0 Å². The van der Waals surface area contributed by atoms with Crippen LogP contribution in [0.15, 0.2) is 35.4 Å². The fraction of sp³-hybridized carbons (Fsp3) is 0.182. The van der Waals surface area contributed by atoms with Gasteiger partial charge in [-0.05, 0) is 18.6 Å². The first-order valence-corrected chi connectivity index (χ1v) is 4.80. The van der Waals surface area contributed by atoms with E-state index in [4.69, 9.17) is 0 Å². The van der Waals surface area contributed by atoms with E-state index in [1.54, 1.807) is 12.4 Å². The molecule has 0 aromatic carbocycles. The van der Waals surface area contributed by atoms with Gasteiger partial charge < -0.3 is 4.98 Å². The lowest BCUT2D eigenvalue weighted by Crippen LogP contribution is -2.07. The Hall–Kier alpha value is -1.97. The summed E-state index contributed by atoms with van der Waals surface area (Å²) in [7, 11) is 0. The molecule has 0 aliphatic heterocycles. The van der Waals surface area contributed by atoms with Crippen molar-refractivity contribution in [2.24, 2.45) is 0 Å². The van der Waals surface area contributed by atoms with Gasteiger partial charge in [0.25, 0.3) is 0 Å². The fourth-order valence-corrected chi connectivity index (χ4v) is 1.52. The van der Waals surface area contributed by atoms with Crippen LogP contribution in [0.3, 0.4) is 0 Å². The second-order valence-electron chi connectivity index (χ2n) is 3.20. The minimum Gasteiger partial charge on any atom is -0.326 e. The minimum absolute atomic E-state index is 0.0717. The number of hydrogen-bond acceptors (Lipinski definition) is 3. The Morgan fingerprint density at radius 2 is 2.13 bits per heavy atom. The van der Waals surface area contributed by atoms with Gasteiger partial charge in [0.15, 0.2) is 0 Å². The Balaban J connectivity index is 2.58. The van der Waals surface area contributed by atoms with Gasteiger partial charge in [-0.2, -0.15) is 10.2 Å². The minimum atomic E-state index is -0.0717. The van der Waals surface area contributed by atoms with Crippen LogP contribution < -0.4 is 5.56 Å². The predicted molar refractivity (Wildman–Crippen MR) is 57.5 cm³/mol. The number of nitrogens with one attached hydrogen (secondary N) is 1. The van der Waals surface area contributed by atoms with Crippen LogP contribution >= 0.6 is 0 Å². The molecule has 2 rings (SSSR count). The van der Waals surface area contributed by atoms with Crippen LogP contribution in [0, 0.1) is 0 Å². The third-order valence-corrected chi connectivity index (χ3v) is 2.25. The van der Waals surface area contributed by atoms with Crippen LogP contribution in [-0.4, -0.2) is 15.2 Å². The molecule has 0 atom stereocenters. The highest BCUT2D eigenvalue weighted by Crippen LogP contribution is 2.19. The SMILES string of the molecule is CCc1[nH]c(=O)ccc1-c1ccnnc1. The Bertz CT molecular complexity index is 505. The van der Waals surface area contributed by atoms with E-state index in [1.807, 2.05) is 19.1 Å². The number of pyridine rings is 1. The van der Waals surface area contributed by atoms with E-state index in [9.17, 15) is 4.79 Å². The summed E-state index contributed by atoms with van der Waals surface area (Å²) >= 11 is 0. The van der Waals surface area contributed by atoms with Crippen LogP contribution in [0.25, 0.3) is 11.1 Å². The van der Waals surface area contributed by atoms with Crippen LogP contribution in [0.1, 0.15) is 12.6 Å². The van der Waals surface area contributed by atoms with Crippen LogP contribution in [0.4, 0.5) is 0 Å². The maximum Gasteiger partial charge on any atom is 0.248 e. The summed E-state index contributed by atoms with van der Waals surface area (Å²) in [6, 6.07) is 5.21. The maximum atomic E-state index is 11.1. The Kier molecular flexibility index (Phi) is 2.58. The first kappa shape index (κ1) is 9.58. The highest BCUT2D eigenvalue weighted by molar-refractivity contribution is 5.64. The molecule has 15 heavy (non-hydrogen) atoms. The Labute approximate surface area is 87.0 Å². The number of aromatic nitrogens is 3. The molecule has 0 fully saturated rings. The summed E-state index contributed by atoms with van der Waals surface area (Å²) in [5, 5.41) is 7.54. The number of rotatable bonds is 2. The number of H-pyrrole nitrogens is 1. The standard InChI is InChI=1S/C11H11N3O/c1-2-10-9(3-4-11(15)14-10)8-5-6-12-13-7-8/h3-7H,2H2,1H3,(H,14,15). The third kappa shape index (κ3) is 1.93. The molecule has 0 aliphatic rings. The molecule has 0 bridgehead atoms. The van der Waals surface area contributed by atoms with E-state index in [-0.39, 0.29) is 5.56 Å². The van der Waals surface area contributed by atoms with Crippen molar-refractivity contribution >= 4 is 0 Å². The van der Waals surface area contributed by atoms with E-state index in [0.717, 1.165) is 23.2 Å². The molecule has 0 saturated heterocycles. The monoisotopic (exact) mass is 201 g/mol. The zero-order valence-corrected chi connectivity index (χ0v) is 8.40. The van der Waals surface area contributed by atoms with Crippen molar-refractivity contribution in [3.8, 4) is 11.1 Å². The molecular formula is C11H11N3O. The molecule has 76 valence electrons. The summed E-state index contributed by atoms with van der Waals surface area (Å²) in [6.45, 7) is 2.00. The number of aryl methyl sites for hydroxylation is 1. The van der Waals surface area contributed by atoms with Crippen LogP contribution in [0.2, 0.25) is 0 Å². The molecule has 4 heteroatoms. The molecule has 0 spiro atoms. The summed E-state index contributed by atoms with van der Waals surface area (Å²) in [5.41, 5.74) is 2.83. The van der Waals surface area contributed by atoms with Gasteiger partial charge in [0.2, 0.25) is 5.56 Å². The fourth-order valence-electron chi connectivity index (χ4n) is 1.52. The highest BCUT2D eigenvalue weighted by atomic mass is 16.1. The number of aromatic amines is 1. The summed E-state index contributed by atoms with van der Waals surface area (Å²) < 4.78 is 0. The van der Waals surface area contributed by atoms with Crippen molar-refractivity contribution in [3.63, 3.8) is 0 Å². The largest absolute Gasteiger partial charge is 0.326 e. The second kappa shape index (κ2) is 4.04.